The number of nitrogens with zero attached hydrogens (tertiary/aromatic N) is 2. The minimum absolute atomic E-state index is 0.0344. The molecule has 1 rings (SSSR count). The number of nitrogens with two attached hydrogens (primary N) is 1. The number of carbonyl (C=O) groups is 1. The molecule has 0 fully saturated rings. The predicted molar refractivity (Wildman–Crippen MR) is 39.9 cm³/mol. The summed E-state index contributed by atoms with van der Waals surface area (Å²) in [5.74, 6) is -0.465. The highest BCUT2D eigenvalue weighted by Crippen LogP contribution is 2.07. The Bertz CT molecular complexity index is 276. The topological polar surface area (TPSA) is 68.9 Å². The zero-order chi connectivity index (χ0) is 8.27. The molecule has 4 nitrogen and oxygen atoms in total. The Balaban J connectivity index is 2.86. The molecule has 1 heterocycles. The fraction of sp³-hybridized carbons (Fsp3) is 0.167. The minimum atomic E-state index is -0.465. The molecule has 0 aliphatic heterocycles. The Morgan fingerprint density at radius 3 is 2.73 bits per heavy atom. The standard InChI is InChI=1S/C6H6ClN3O/c7-6-4(3-5(8)11)9-1-2-10-6/h1-2H,3H2,(H2,8,11). The van der Waals surface area contributed by atoms with Gasteiger partial charge in [-0.05, 0) is 0 Å². The van der Waals surface area contributed by atoms with E-state index in [1.807, 2.05) is 0 Å². The fourth-order valence-electron chi connectivity index (χ4n) is 0.633. The summed E-state index contributed by atoms with van der Waals surface area (Å²) in [4.78, 5) is 18.0. The Labute approximate surface area is 68.4 Å². The van der Waals surface area contributed by atoms with Crippen LogP contribution in [0.4, 0.5) is 0 Å². The van der Waals surface area contributed by atoms with E-state index in [1.165, 1.54) is 12.4 Å². The van der Waals surface area contributed by atoms with Gasteiger partial charge >= 0.3 is 0 Å². The van der Waals surface area contributed by atoms with Crippen molar-refractivity contribution in [2.75, 3.05) is 0 Å². The van der Waals surface area contributed by atoms with Crippen molar-refractivity contribution in [3.63, 3.8) is 0 Å². The predicted octanol–water partition coefficient (Wildman–Crippen LogP) is 0.158. The van der Waals surface area contributed by atoms with E-state index in [4.69, 9.17) is 17.3 Å². The van der Waals surface area contributed by atoms with Crippen LogP contribution >= 0.6 is 11.6 Å². The van der Waals surface area contributed by atoms with Crippen molar-refractivity contribution in [1.29, 1.82) is 0 Å². The summed E-state index contributed by atoms with van der Waals surface area (Å²) in [7, 11) is 0. The fourth-order valence-corrected chi connectivity index (χ4v) is 0.805. The van der Waals surface area contributed by atoms with Crippen molar-refractivity contribution in [1.82, 2.24) is 9.97 Å². The molecule has 1 amide bonds. The molecule has 1 aromatic rings. The van der Waals surface area contributed by atoms with E-state index in [0.29, 0.717) is 5.69 Å². The molecule has 0 atom stereocenters. The molecule has 5 heteroatoms. The van der Waals surface area contributed by atoms with Crippen LogP contribution < -0.4 is 5.73 Å². The maximum absolute atomic E-state index is 10.4. The Hall–Kier alpha value is -1.16. The summed E-state index contributed by atoms with van der Waals surface area (Å²) in [6, 6.07) is 0. The van der Waals surface area contributed by atoms with E-state index in [2.05, 4.69) is 9.97 Å². The molecule has 0 bridgehead atoms. The molecule has 0 aromatic carbocycles. The third-order valence-electron chi connectivity index (χ3n) is 1.06. The monoisotopic (exact) mass is 171 g/mol. The average Bonchev–Trinajstić information content (AvgIpc) is 1.93. The quantitative estimate of drug-likeness (QED) is 0.689. The molecule has 0 unspecified atom stereocenters. The molecule has 2 N–H and O–H groups in total. The molecule has 0 spiro atoms. The highest BCUT2D eigenvalue weighted by Gasteiger charge is 2.04. The number of aromatic nitrogens is 2. The lowest BCUT2D eigenvalue weighted by Crippen LogP contribution is -2.15. The van der Waals surface area contributed by atoms with Crippen LogP contribution in [-0.2, 0) is 11.2 Å². The highest BCUT2D eigenvalue weighted by molar-refractivity contribution is 6.30. The van der Waals surface area contributed by atoms with Crippen LogP contribution in [0.25, 0.3) is 0 Å². The van der Waals surface area contributed by atoms with Crippen LogP contribution in [0.3, 0.4) is 0 Å². The second kappa shape index (κ2) is 3.30. The summed E-state index contributed by atoms with van der Waals surface area (Å²) >= 11 is 5.59. The van der Waals surface area contributed by atoms with Crippen LogP contribution in [0.1, 0.15) is 5.69 Å². The van der Waals surface area contributed by atoms with Gasteiger partial charge in [0.25, 0.3) is 0 Å². The molecule has 1 aromatic heterocycles. The van der Waals surface area contributed by atoms with Gasteiger partial charge in [-0.1, -0.05) is 11.6 Å². The molecule has 0 saturated carbocycles. The number of hydrogen-bond acceptors (Lipinski definition) is 3. The normalized spacial score (nSPS) is 9.55. The maximum Gasteiger partial charge on any atom is 0.223 e. The van der Waals surface area contributed by atoms with E-state index in [0.717, 1.165) is 0 Å². The first kappa shape index (κ1) is 7.94. The molecular weight excluding hydrogens is 166 g/mol. The van der Waals surface area contributed by atoms with Crippen molar-refractivity contribution in [2.24, 2.45) is 5.73 Å². The zero-order valence-electron chi connectivity index (χ0n) is 5.62. The van der Waals surface area contributed by atoms with Gasteiger partial charge in [-0.15, -0.1) is 0 Å². The van der Waals surface area contributed by atoms with Gasteiger partial charge in [0.15, 0.2) is 5.15 Å². The Morgan fingerprint density at radius 1 is 1.55 bits per heavy atom. The lowest BCUT2D eigenvalue weighted by Gasteiger charge is -1.96. The lowest BCUT2D eigenvalue weighted by molar-refractivity contribution is -0.117. The number of carbonyl (C=O) groups excluding carboxylic acids is 1. The van der Waals surface area contributed by atoms with Crippen molar-refractivity contribution in [2.45, 2.75) is 6.42 Å². The summed E-state index contributed by atoms with van der Waals surface area (Å²) in [5, 5.41) is 0.228. The molecule has 0 radical (unpaired) electrons. The SMILES string of the molecule is NC(=O)Cc1nccnc1Cl. The van der Waals surface area contributed by atoms with Crippen LogP contribution in [0.5, 0.6) is 0 Å². The molecule has 11 heavy (non-hydrogen) atoms. The first-order chi connectivity index (χ1) is 5.20. The van der Waals surface area contributed by atoms with Gasteiger partial charge in [0.05, 0.1) is 12.1 Å². The first-order valence-electron chi connectivity index (χ1n) is 2.94. The van der Waals surface area contributed by atoms with Gasteiger partial charge in [0.2, 0.25) is 5.91 Å². The number of rotatable bonds is 2. The summed E-state index contributed by atoms with van der Waals surface area (Å²) in [6.07, 6.45) is 2.95. The number of hydrogen-bond donors (Lipinski definition) is 1. The Kier molecular flexibility index (Phi) is 2.38. The van der Waals surface area contributed by atoms with Crippen molar-refractivity contribution < 1.29 is 4.79 Å². The van der Waals surface area contributed by atoms with Crippen LogP contribution in [0.2, 0.25) is 5.15 Å². The summed E-state index contributed by atoms with van der Waals surface area (Å²) in [5.41, 5.74) is 5.35. The van der Waals surface area contributed by atoms with Gasteiger partial charge in [-0.3, -0.25) is 9.78 Å². The third kappa shape index (κ3) is 2.16. The van der Waals surface area contributed by atoms with Gasteiger partial charge < -0.3 is 5.73 Å². The molecule has 0 aliphatic carbocycles. The largest absolute Gasteiger partial charge is 0.369 e. The van der Waals surface area contributed by atoms with E-state index in [1.54, 1.807) is 0 Å². The van der Waals surface area contributed by atoms with Crippen LogP contribution in [0, 0.1) is 0 Å². The number of halogens is 1. The van der Waals surface area contributed by atoms with Crippen LogP contribution in [0.15, 0.2) is 12.4 Å². The summed E-state index contributed by atoms with van der Waals surface area (Å²) in [6.45, 7) is 0. The van der Waals surface area contributed by atoms with E-state index in [9.17, 15) is 4.79 Å². The maximum atomic E-state index is 10.4. The van der Waals surface area contributed by atoms with Crippen molar-refractivity contribution >= 4 is 17.5 Å². The second-order valence-electron chi connectivity index (χ2n) is 1.94. The van der Waals surface area contributed by atoms with Gasteiger partial charge in [-0.2, -0.15) is 0 Å². The first-order valence-corrected chi connectivity index (χ1v) is 3.31. The van der Waals surface area contributed by atoms with E-state index >= 15 is 0 Å². The smallest absolute Gasteiger partial charge is 0.223 e. The Morgan fingerprint density at radius 2 is 2.18 bits per heavy atom. The highest BCUT2D eigenvalue weighted by atomic mass is 35.5. The van der Waals surface area contributed by atoms with Crippen LogP contribution in [-0.4, -0.2) is 15.9 Å². The van der Waals surface area contributed by atoms with Crippen molar-refractivity contribution in [3.05, 3.63) is 23.2 Å². The molecule has 0 saturated heterocycles. The van der Waals surface area contributed by atoms with E-state index < -0.39 is 5.91 Å². The molecule has 0 aliphatic rings. The summed E-state index contributed by atoms with van der Waals surface area (Å²) < 4.78 is 0. The second-order valence-corrected chi connectivity index (χ2v) is 2.29. The van der Waals surface area contributed by atoms with Gasteiger partial charge in [0, 0.05) is 12.4 Å². The third-order valence-corrected chi connectivity index (χ3v) is 1.38. The lowest BCUT2D eigenvalue weighted by atomic mass is 10.3. The zero-order valence-corrected chi connectivity index (χ0v) is 6.38. The minimum Gasteiger partial charge on any atom is -0.369 e. The number of primary amides is 1. The average molecular weight is 172 g/mol. The van der Waals surface area contributed by atoms with Gasteiger partial charge in [0.1, 0.15) is 0 Å². The van der Waals surface area contributed by atoms with Gasteiger partial charge in [-0.25, -0.2) is 4.98 Å². The molecule has 58 valence electrons. The molecular formula is C6H6ClN3O. The van der Waals surface area contributed by atoms with E-state index in [-0.39, 0.29) is 11.6 Å². The van der Waals surface area contributed by atoms with Crippen molar-refractivity contribution in [3.8, 4) is 0 Å². The number of amides is 1.